The Labute approximate surface area is 80.1 Å². The number of halogens is 2. The molecule has 1 aromatic rings. The first-order valence-electron chi connectivity index (χ1n) is 3.27. The largest absolute Gasteiger partial charge is 0.326 e. The molecule has 0 aliphatic heterocycles. The molecule has 0 aromatic heterocycles. The molecule has 4 nitrogen and oxygen atoms in total. The average Bonchev–Trinajstić information content (AvgIpc) is 2.03. The summed E-state index contributed by atoms with van der Waals surface area (Å²) in [6, 6.07) is 3.29. The fourth-order valence-electron chi connectivity index (χ4n) is 0.857. The van der Waals surface area contributed by atoms with Gasteiger partial charge in [0.1, 0.15) is 5.82 Å². The summed E-state index contributed by atoms with van der Waals surface area (Å²) in [6.45, 7) is 0.0958. The van der Waals surface area contributed by atoms with Gasteiger partial charge in [0.15, 0.2) is 0 Å². The first kappa shape index (κ1) is 11.8. The lowest BCUT2D eigenvalue weighted by atomic mass is 10.2. The Morgan fingerprint density at radius 3 is 2.54 bits per heavy atom. The maximum atomic E-state index is 12.6. The zero-order valence-electron chi connectivity index (χ0n) is 6.57. The van der Waals surface area contributed by atoms with Crippen LogP contribution in [0.1, 0.15) is 5.56 Å². The van der Waals surface area contributed by atoms with Crippen molar-refractivity contribution in [1.82, 2.24) is 0 Å². The van der Waals surface area contributed by atoms with Gasteiger partial charge in [0.05, 0.1) is 11.0 Å². The van der Waals surface area contributed by atoms with E-state index >= 15 is 0 Å². The fourth-order valence-corrected chi connectivity index (χ4v) is 0.857. The van der Waals surface area contributed by atoms with E-state index in [-0.39, 0.29) is 24.6 Å². The average molecular weight is 207 g/mol. The first-order chi connectivity index (χ1) is 5.63. The summed E-state index contributed by atoms with van der Waals surface area (Å²) in [6.07, 6.45) is 0. The molecule has 0 radical (unpaired) electrons. The van der Waals surface area contributed by atoms with E-state index in [2.05, 4.69) is 0 Å². The van der Waals surface area contributed by atoms with Gasteiger partial charge in [-0.1, -0.05) is 0 Å². The molecule has 13 heavy (non-hydrogen) atoms. The highest BCUT2D eigenvalue weighted by Crippen LogP contribution is 2.15. The molecule has 0 saturated heterocycles. The summed E-state index contributed by atoms with van der Waals surface area (Å²) in [7, 11) is 0. The van der Waals surface area contributed by atoms with E-state index in [0.717, 1.165) is 6.07 Å². The normalized spacial score (nSPS) is 9.08. The lowest BCUT2D eigenvalue weighted by Gasteiger charge is -1.96. The highest BCUT2D eigenvalue weighted by atomic mass is 35.5. The number of rotatable bonds is 2. The van der Waals surface area contributed by atoms with Crippen LogP contribution in [0.15, 0.2) is 18.2 Å². The third-order valence-electron chi connectivity index (χ3n) is 1.39. The first-order valence-corrected chi connectivity index (χ1v) is 3.27. The van der Waals surface area contributed by atoms with Crippen LogP contribution in [0.5, 0.6) is 0 Å². The Kier molecular flexibility index (Phi) is 4.30. The van der Waals surface area contributed by atoms with Gasteiger partial charge in [0.25, 0.3) is 5.69 Å². The molecular weight excluding hydrogens is 199 g/mol. The lowest BCUT2D eigenvalue weighted by molar-refractivity contribution is -0.385. The molecule has 0 unspecified atom stereocenters. The molecule has 0 spiro atoms. The van der Waals surface area contributed by atoms with E-state index in [0.29, 0.717) is 5.56 Å². The molecule has 6 heteroatoms. The number of nitrogens with zero attached hydrogens (tertiary/aromatic N) is 1. The molecule has 0 aliphatic rings. The third kappa shape index (κ3) is 2.96. The van der Waals surface area contributed by atoms with Gasteiger partial charge in [-0.25, -0.2) is 4.39 Å². The maximum Gasteiger partial charge on any atom is 0.272 e. The van der Waals surface area contributed by atoms with Gasteiger partial charge < -0.3 is 5.73 Å². The second-order valence-corrected chi connectivity index (χ2v) is 2.28. The molecular formula is C7H8ClFN2O2. The molecule has 2 N–H and O–H groups in total. The second-order valence-electron chi connectivity index (χ2n) is 2.28. The Balaban J connectivity index is 0.00000144. The van der Waals surface area contributed by atoms with Crippen LogP contribution >= 0.6 is 12.4 Å². The Bertz CT molecular complexity index is 319. The number of nitro benzene ring substituents is 1. The van der Waals surface area contributed by atoms with Crippen molar-refractivity contribution in [2.45, 2.75) is 6.54 Å². The summed E-state index contributed by atoms with van der Waals surface area (Å²) in [5.41, 5.74) is 5.35. The van der Waals surface area contributed by atoms with Crippen molar-refractivity contribution in [2.75, 3.05) is 0 Å². The summed E-state index contributed by atoms with van der Waals surface area (Å²) in [4.78, 5) is 9.57. The minimum absolute atomic E-state index is 0. The monoisotopic (exact) mass is 206 g/mol. The topological polar surface area (TPSA) is 69.2 Å². The van der Waals surface area contributed by atoms with E-state index in [1.165, 1.54) is 12.1 Å². The standard InChI is InChI=1S/C7H7FN2O2.ClH/c8-6-1-5(4-9)2-7(3-6)10(11)12;/h1-3H,4,9H2;1H. The molecule has 0 heterocycles. The molecule has 72 valence electrons. The second kappa shape index (κ2) is 4.74. The van der Waals surface area contributed by atoms with Crippen molar-refractivity contribution >= 4 is 18.1 Å². The predicted octanol–water partition coefficient (Wildman–Crippen LogP) is 1.61. The minimum atomic E-state index is -0.651. The van der Waals surface area contributed by atoms with Gasteiger partial charge in [0.2, 0.25) is 0 Å². The van der Waals surface area contributed by atoms with E-state index in [1.807, 2.05) is 0 Å². The highest BCUT2D eigenvalue weighted by molar-refractivity contribution is 5.85. The molecule has 0 bridgehead atoms. The van der Waals surface area contributed by atoms with Gasteiger partial charge in [-0.3, -0.25) is 10.1 Å². The fraction of sp³-hybridized carbons (Fsp3) is 0.143. The quantitative estimate of drug-likeness (QED) is 0.591. The summed E-state index contributed by atoms with van der Waals surface area (Å²) in [5, 5.41) is 10.2. The number of hydrogen-bond acceptors (Lipinski definition) is 3. The molecule has 0 amide bonds. The van der Waals surface area contributed by atoms with Crippen molar-refractivity contribution in [3.8, 4) is 0 Å². The molecule has 0 saturated carbocycles. The zero-order valence-corrected chi connectivity index (χ0v) is 7.38. The molecule has 1 aromatic carbocycles. The molecule has 1 rings (SSSR count). The number of benzene rings is 1. The number of non-ortho nitro benzene ring substituents is 1. The van der Waals surface area contributed by atoms with Crippen LogP contribution in [0.3, 0.4) is 0 Å². The van der Waals surface area contributed by atoms with Crippen molar-refractivity contribution in [3.05, 3.63) is 39.7 Å². The van der Waals surface area contributed by atoms with Crippen LogP contribution < -0.4 is 5.73 Å². The van der Waals surface area contributed by atoms with Gasteiger partial charge in [-0.05, 0) is 11.6 Å². The van der Waals surface area contributed by atoms with Crippen LogP contribution in [-0.2, 0) is 6.54 Å². The van der Waals surface area contributed by atoms with E-state index in [9.17, 15) is 14.5 Å². The smallest absolute Gasteiger partial charge is 0.272 e. The SMILES string of the molecule is Cl.NCc1cc(F)cc([N+](=O)[O-])c1. The van der Waals surface area contributed by atoms with Crippen molar-refractivity contribution < 1.29 is 9.31 Å². The zero-order chi connectivity index (χ0) is 9.14. The maximum absolute atomic E-state index is 12.6. The van der Waals surface area contributed by atoms with Gasteiger partial charge in [-0.15, -0.1) is 12.4 Å². The van der Waals surface area contributed by atoms with Crippen LogP contribution in [0.25, 0.3) is 0 Å². The Hall–Kier alpha value is -1.20. The van der Waals surface area contributed by atoms with Crippen LogP contribution in [-0.4, -0.2) is 4.92 Å². The molecule has 0 atom stereocenters. The van der Waals surface area contributed by atoms with Gasteiger partial charge in [-0.2, -0.15) is 0 Å². The van der Waals surface area contributed by atoms with Crippen LogP contribution in [0.4, 0.5) is 10.1 Å². The summed E-state index contributed by atoms with van der Waals surface area (Å²) in [5.74, 6) is -0.635. The number of nitrogens with two attached hydrogens (primary N) is 1. The Morgan fingerprint density at radius 1 is 1.46 bits per heavy atom. The minimum Gasteiger partial charge on any atom is -0.326 e. The van der Waals surface area contributed by atoms with Crippen molar-refractivity contribution in [1.29, 1.82) is 0 Å². The molecule has 0 aliphatic carbocycles. The summed E-state index contributed by atoms with van der Waals surface area (Å²) < 4.78 is 12.6. The predicted molar refractivity (Wildman–Crippen MR) is 48.2 cm³/mol. The van der Waals surface area contributed by atoms with Crippen LogP contribution in [0, 0.1) is 15.9 Å². The van der Waals surface area contributed by atoms with Crippen molar-refractivity contribution in [3.63, 3.8) is 0 Å². The van der Waals surface area contributed by atoms with E-state index in [1.54, 1.807) is 0 Å². The lowest BCUT2D eigenvalue weighted by Crippen LogP contribution is -1.98. The number of hydrogen-bond donors (Lipinski definition) is 1. The van der Waals surface area contributed by atoms with Gasteiger partial charge >= 0.3 is 0 Å². The molecule has 0 fully saturated rings. The number of nitro groups is 1. The van der Waals surface area contributed by atoms with Gasteiger partial charge in [0, 0.05) is 12.6 Å². The highest BCUT2D eigenvalue weighted by Gasteiger charge is 2.08. The van der Waals surface area contributed by atoms with E-state index < -0.39 is 10.7 Å². The van der Waals surface area contributed by atoms with Crippen LogP contribution in [0.2, 0.25) is 0 Å². The van der Waals surface area contributed by atoms with Crippen molar-refractivity contribution in [2.24, 2.45) is 5.73 Å². The van der Waals surface area contributed by atoms with E-state index in [4.69, 9.17) is 5.73 Å². The Morgan fingerprint density at radius 2 is 2.08 bits per heavy atom. The third-order valence-corrected chi connectivity index (χ3v) is 1.39. The summed E-state index contributed by atoms with van der Waals surface area (Å²) >= 11 is 0.